The smallest absolute Gasteiger partial charge is 0.373 e. The van der Waals surface area contributed by atoms with Crippen LogP contribution in [0.4, 0.5) is 13.2 Å². The van der Waals surface area contributed by atoms with Gasteiger partial charge in [-0.2, -0.15) is 13.2 Å². The van der Waals surface area contributed by atoms with Crippen molar-refractivity contribution in [2.24, 2.45) is 11.8 Å². The van der Waals surface area contributed by atoms with Crippen LogP contribution < -0.4 is 10.6 Å². The van der Waals surface area contributed by atoms with E-state index in [0.29, 0.717) is 53.9 Å². The Hall–Kier alpha value is -2.88. The standard InChI is InChI=1S/C25H29F3N4O3/c1-2-18(16-7-8-21(29-12-16)25(26,27)28)30-23(33)17-11-19(32-9-10-35-13-20(17)32)24(34)31-22(14-3-4-14)15-5-6-15/h7-8,11-12,14-15,18,22H,2-6,9-10,13H2,1H3,(H,30,33)(H,31,34)/t18-/m1/s1. The van der Waals surface area contributed by atoms with Gasteiger partial charge >= 0.3 is 6.18 Å². The number of alkyl halides is 3. The van der Waals surface area contributed by atoms with E-state index >= 15 is 0 Å². The van der Waals surface area contributed by atoms with Crippen molar-refractivity contribution >= 4 is 11.8 Å². The van der Waals surface area contributed by atoms with E-state index in [2.05, 4.69) is 15.6 Å². The summed E-state index contributed by atoms with van der Waals surface area (Å²) in [6.45, 7) is 2.97. The van der Waals surface area contributed by atoms with Crippen LogP contribution in [0.15, 0.2) is 24.4 Å². The Morgan fingerprint density at radius 2 is 1.86 bits per heavy atom. The number of hydrogen-bond donors (Lipinski definition) is 2. The lowest BCUT2D eigenvalue weighted by Gasteiger charge is -2.22. The van der Waals surface area contributed by atoms with E-state index in [9.17, 15) is 22.8 Å². The lowest BCUT2D eigenvalue weighted by atomic mass is 10.1. The number of carbonyl (C=O) groups is 2. The molecule has 0 saturated heterocycles. The van der Waals surface area contributed by atoms with Gasteiger partial charge in [-0.25, -0.2) is 0 Å². The molecule has 0 radical (unpaired) electrons. The number of rotatable bonds is 8. The molecule has 2 aliphatic carbocycles. The highest BCUT2D eigenvalue weighted by molar-refractivity contribution is 6.01. The summed E-state index contributed by atoms with van der Waals surface area (Å²) >= 11 is 0. The first-order chi connectivity index (χ1) is 16.8. The van der Waals surface area contributed by atoms with Crippen LogP contribution in [0, 0.1) is 11.8 Å². The Balaban J connectivity index is 1.35. The second kappa shape index (κ2) is 9.29. The number of ether oxygens (including phenoxy) is 1. The van der Waals surface area contributed by atoms with Crippen molar-refractivity contribution in [3.05, 3.63) is 52.6 Å². The minimum Gasteiger partial charge on any atom is -0.373 e. The maximum absolute atomic E-state index is 13.3. The number of amides is 2. The molecule has 3 aliphatic rings. The number of hydrogen-bond acceptors (Lipinski definition) is 4. The van der Waals surface area contributed by atoms with Crippen molar-refractivity contribution in [2.75, 3.05) is 6.61 Å². The van der Waals surface area contributed by atoms with Gasteiger partial charge in [-0.05, 0) is 61.6 Å². The lowest BCUT2D eigenvalue weighted by molar-refractivity contribution is -0.141. The number of pyridine rings is 1. The number of carbonyl (C=O) groups excluding carboxylic acids is 2. The van der Waals surface area contributed by atoms with E-state index in [0.717, 1.165) is 37.9 Å². The molecule has 2 aromatic heterocycles. The number of nitrogens with zero attached hydrogens (tertiary/aromatic N) is 2. The summed E-state index contributed by atoms with van der Waals surface area (Å²) in [4.78, 5) is 30.0. The van der Waals surface area contributed by atoms with Gasteiger partial charge < -0.3 is 19.9 Å². The first-order valence-electron chi connectivity index (χ1n) is 12.2. The molecule has 7 nitrogen and oxygen atoms in total. The van der Waals surface area contributed by atoms with Crippen molar-refractivity contribution in [2.45, 2.75) is 70.4 Å². The number of nitrogens with one attached hydrogen (secondary N) is 2. The van der Waals surface area contributed by atoms with Crippen LogP contribution in [0.1, 0.15) is 82.9 Å². The normalized spacial score (nSPS) is 18.8. The van der Waals surface area contributed by atoms with Gasteiger partial charge in [0, 0.05) is 18.8 Å². The molecule has 0 bridgehead atoms. The Morgan fingerprint density at radius 3 is 2.43 bits per heavy atom. The molecule has 1 atom stereocenters. The Kier molecular flexibility index (Phi) is 6.33. The third-order valence-corrected chi connectivity index (χ3v) is 7.13. The van der Waals surface area contributed by atoms with E-state index in [-0.39, 0.29) is 18.6 Å². The zero-order valence-electron chi connectivity index (χ0n) is 19.5. The molecule has 2 N–H and O–H groups in total. The summed E-state index contributed by atoms with van der Waals surface area (Å²) < 4.78 is 46.0. The number of aromatic nitrogens is 2. The average molecular weight is 491 g/mol. The molecule has 2 aromatic rings. The minimum absolute atomic E-state index is 0.171. The van der Waals surface area contributed by atoms with Crippen LogP contribution in [0.2, 0.25) is 0 Å². The number of halogens is 3. The first kappa shape index (κ1) is 23.8. The molecular weight excluding hydrogens is 461 g/mol. The van der Waals surface area contributed by atoms with Crippen LogP contribution in [0.25, 0.3) is 0 Å². The van der Waals surface area contributed by atoms with Crippen molar-refractivity contribution < 1.29 is 27.5 Å². The van der Waals surface area contributed by atoms with Crippen LogP contribution in [0.5, 0.6) is 0 Å². The molecule has 3 heterocycles. The van der Waals surface area contributed by atoms with E-state index < -0.39 is 23.8 Å². The van der Waals surface area contributed by atoms with Gasteiger partial charge in [0.1, 0.15) is 11.4 Å². The fourth-order valence-electron chi connectivity index (χ4n) is 4.90. The molecule has 0 spiro atoms. The average Bonchev–Trinajstić information content (AvgIpc) is 3.77. The molecule has 0 aromatic carbocycles. The van der Waals surface area contributed by atoms with Crippen LogP contribution in [0.3, 0.4) is 0 Å². The van der Waals surface area contributed by atoms with Gasteiger partial charge in [0.15, 0.2) is 0 Å². The highest BCUT2D eigenvalue weighted by atomic mass is 19.4. The molecule has 5 rings (SSSR count). The fourth-order valence-corrected chi connectivity index (χ4v) is 4.90. The highest BCUT2D eigenvalue weighted by Crippen LogP contribution is 2.44. The van der Waals surface area contributed by atoms with E-state index in [1.165, 1.54) is 6.07 Å². The summed E-state index contributed by atoms with van der Waals surface area (Å²) in [6.07, 6.45) is 1.66. The lowest BCUT2D eigenvalue weighted by Crippen LogP contribution is -2.39. The maximum Gasteiger partial charge on any atom is 0.433 e. The topological polar surface area (TPSA) is 85.2 Å². The second-order valence-electron chi connectivity index (χ2n) is 9.68. The Labute approximate surface area is 201 Å². The van der Waals surface area contributed by atoms with Gasteiger partial charge in [0.2, 0.25) is 0 Å². The van der Waals surface area contributed by atoms with Gasteiger partial charge in [-0.3, -0.25) is 14.6 Å². The summed E-state index contributed by atoms with van der Waals surface area (Å²) in [5.41, 5.74) is 0.931. The molecular formula is C25H29F3N4O3. The third kappa shape index (κ3) is 5.07. The van der Waals surface area contributed by atoms with E-state index in [1.807, 2.05) is 11.5 Å². The van der Waals surface area contributed by atoms with Gasteiger partial charge in [-0.1, -0.05) is 13.0 Å². The maximum atomic E-state index is 13.3. The second-order valence-corrected chi connectivity index (χ2v) is 9.68. The van der Waals surface area contributed by atoms with E-state index in [1.54, 1.807) is 6.07 Å². The predicted molar refractivity (Wildman–Crippen MR) is 121 cm³/mol. The summed E-state index contributed by atoms with van der Waals surface area (Å²) in [5.74, 6) is 0.535. The molecule has 0 unspecified atom stereocenters. The van der Waals surface area contributed by atoms with E-state index in [4.69, 9.17) is 4.74 Å². The summed E-state index contributed by atoms with van der Waals surface area (Å²) in [7, 11) is 0. The van der Waals surface area contributed by atoms with Crippen LogP contribution in [-0.4, -0.2) is 34.0 Å². The third-order valence-electron chi connectivity index (χ3n) is 7.13. The molecule has 2 amide bonds. The van der Waals surface area contributed by atoms with Crippen LogP contribution in [-0.2, 0) is 24.1 Å². The Bertz CT molecular complexity index is 1090. The molecule has 10 heteroatoms. The Morgan fingerprint density at radius 1 is 1.14 bits per heavy atom. The van der Waals surface area contributed by atoms with Crippen molar-refractivity contribution in [1.29, 1.82) is 0 Å². The van der Waals surface area contributed by atoms with Crippen molar-refractivity contribution in [3.8, 4) is 0 Å². The van der Waals surface area contributed by atoms with Gasteiger partial charge in [0.05, 0.1) is 30.5 Å². The zero-order chi connectivity index (χ0) is 24.7. The quantitative estimate of drug-likeness (QED) is 0.580. The highest BCUT2D eigenvalue weighted by Gasteiger charge is 2.43. The zero-order valence-corrected chi connectivity index (χ0v) is 19.5. The number of fused-ring (bicyclic) bond motifs is 1. The fraction of sp³-hybridized carbons (Fsp3) is 0.560. The van der Waals surface area contributed by atoms with Crippen molar-refractivity contribution in [3.63, 3.8) is 0 Å². The van der Waals surface area contributed by atoms with Gasteiger partial charge in [0.25, 0.3) is 11.8 Å². The molecule has 2 fully saturated rings. The molecule has 1 aliphatic heterocycles. The SMILES string of the molecule is CC[C@@H](NC(=O)c1cc(C(=O)NC(C2CC2)C2CC2)n2c1COCC2)c1ccc(C(F)(F)F)nc1. The van der Waals surface area contributed by atoms with Crippen LogP contribution >= 0.6 is 0 Å². The monoisotopic (exact) mass is 490 g/mol. The molecule has 2 saturated carbocycles. The van der Waals surface area contributed by atoms with Crippen molar-refractivity contribution in [1.82, 2.24) is 20.2 Å². The minimum atomic E-state index is -4.52. The largest absolute Gasteiger partial charge is 0.433 e. The summed E-state index contributed by atoms with van der Waals surface area (Å²) in [6, 6.07) is 3.53. The molecule has 188 valence electrons. The van der Waals surface area contributed by atoms with Gasteiger partial charge in [-0.15, -0.1) is 0 Å². The predicted octanol–water partition coefficient (Wildman–Crippen LogP) is 4.23. The summed E-state index contributed by atoms with van der Waals surface area (Å²) in [5, 5.41) is 6.12. The molecule has 35 heavy (non-hydrogen) atoms. The first-order valence-corrected chi connectivity index (χ1v) is 12.2.